The topological polar surface area (TPSA) is 62.9 Å². The van der Waals surface area contributed by atoms with Gasteiger partial charge in [-0.25, -0.2) is 4.98 Å². The van der Waals surface area contributed by atoms with Crippen LogP contribution < -0.4 is 10.1 Å². The molecule has 5 nitrogen and oxygen atoms in total. The molecular formula is C21H22N4O. The number of fused-ring (bicyclic) bond motifs is 1. The van der Waals surface area contributed by atoms with Crippen LogP contribution in [0.1, 0.15) is 18.9 Å². The van der Waals surface area contributed by atoms with Gasteiger partial charge in [-0.05, 0) is 62.2 Å². The summed E-state index contributed by atoms with van der Waals surface area (Å²) in [6.07, 6.45) is 3.33. The van der Waals surface area contributed by atoms with Gasteiger partial charge < -0.3 is 14.6 Å². The first kappa shape index (κ1) is 16.6. The first-order valence-electron chi connectivity index (χ1n) is 9.12. The first-order chi connectivity index (χ1) is 12.8. The van der Waals surface area contributed by atoms with Crippen LogP contribution in [0.4, 0.5) is 0 Å². The maximum absolute atomic E-state index is 9.03. The second kappa shape index (κ2) is 7.19. The summed E-state index contributed by atoms with van der Waals surface area (Å²) in [6, 6.07) is 14.0. The Balaban J connectivity index is 1.77. The van der Waals surface area contributed by atoms with E-state index in [2.05, 4.69) is 34.3 Å². The normalized spacial score (nSPS) is 16.7. The van der Waals surface area contributed by atoms with Crippen molar-refractivity contribution >= 4 is 11.0 Å². The summed E-state index contributed by atoms with van der Waals surface area (Å²) < 4.78 is 8.10. The lowest BCUT2D eigenvalue weighted by atomic mass is 10.0. The molecule has 0 radical (unpaired) electrons. The number of aromatic nitrogens is 2. The molecule has 0 saturated carbocycles. The number of nitrogens with zero attached hydrogens (tertiary/aromatic N) is 3. The van der Waals surface area contributed by atoms with Crippen molar-refractivity contribution in [3.05, 3.63) is 48.2 Å². The zero-order chi connectivity index (χ0) is 17.9. The average molecular weight is 346 g/mol. The lowest BCUT2D eigenvalue weighted by molar-refractivity contribution is 0.329. The van der Waals surface area contributed by atoms with Gasteiger partial charge in [0.05, 0.1) is 29.3 Å². The average Bonchev–Trinajstić information content (AvgIpc) is 3.32. The van der Waals surface area contributed by atoms with Gasteiger partial charge in [0.15, 0.2) is 0 Å². The fourth-order valence-electron chi connectivity index (χ4n) is 3.58. The van der Waals surface area contributed by atoms with Gasteiger partial charge in [-0.3, -0.25) is 0 Å². The zero-order valence-corrected chi connectivity index (χ0v) is 14.9. The Hall–Kier alpha value is -2.84. The third-order valence-electron chi connectivity index (χ3n) is 4.94. The third kappa shape index (κ3) is 3.16. The highest BCUT2D eigenvalue weighted by atomic mass is 16.5. The molecule has 132 valence electrons. The minimum Gasteiger partial charge on any atom is -0.478 e. The molecule has 1 atom stereocenters. The van der Waals surface area contributed by atoms with Gasteiger partial charge in [0.1, 0.15) is 0 Å². The van der Waals surface area contributed by atoms with Crippen LogP contribution in [0.5, 0.6) is 5.88 Å². The van der Waals surface area contributed by atoms with Crippen molar-refractivity contribution in [2.45, 2.75) is 19.9 Å². The van der Waals surface area contributed by atoms with Crippen LogP contribution in [0.2, 0.25) is 0 Å². The van der Waals surface area contributed by atoms with E-state index in [1.165, 1.54) is 6.42 Å². The summed E-state index contributed by atoms with van der Waals surface area (Å²) in [5.74, 6) is 1.31. The summed E-state index contributed by atoms with van der Waals surface area (Å²) in [7, 11) is 0. The molecule has 0 aliphatic carbocycles. The van der Waals surface area contributed by atoms with Crippen molar-refractivity contribution in [1.82, 2.24) is 14.9 Å². The second-order valence-electron chi connectivity index (χ2n) is 6.69. The molecule has 0 spiro atoms. The minimum absolute atomic E-state index is 0.566. The molecule has 4 rings (SSSR count). The zero-order valence-electron chi connectivity index (χ0n) is 14.9. The third-order valence-corrected chi connectivity index (χ3v) is 4.94. The molecule has 3 aromatic rings. The highest BCUT2D eigenvalue weighted by Crippen LogP contribution is 2.33. The fraction of sp³-hybridized carbons (Fsp3) is 0.333. The van der Waals surface area contributed by atoms with E-state index in [4.69, 9.17) is 15.0 Å². The number of benzene rings is 1. The van der Waals surface area contributed by atoms with Gasteiger partial charge in [-0.2, -0.15) is 5.26 Å². The second-order valence-corrected chi connectivity index (χ2v) is 6.69. The molecule has 0 bridgehead atoms. The number of nitrogens with one attached hydrogen (secondary N) is 1. The van der Waals surface area contributed by atoms with Crippen LogP contribution in [0, 0.1) is 17.2 Å². The maximum Gasteiger partial charge on any atom is 0.222 e. The van der Waals surface area contributed by atoms with E-state index >= 15 is 0 Å². The van der Waals surface area contributed by atoms with Crippen LogP contribution in [0.25, 0.3) is 22.2 Å². The van der Waals surface area contributed by atoms with Gasteiger partial charge in [0.25, 0.3) is 0 Å². The van der Waals surface area contributed by atoms with Crippen molar-refractivity contribution < 1.29 is 4.74 Å². The van der Waals surface area contributed by atoms with Gasteiger partial charge in [0.2, 0.25) is 5.88 Å². The number of hydrogen-bond donors (Lipinski definition) is 1. The SMILES string of the molecule is CCOc1nc2ccn(C[C@H]3CCNC3)c2cc1-c1ccc(C#N)cc1. The monoisotopic (exact) mass is 346 g/mol. The van der Waals surface area contributed by atoms with E-state index in [1.807, 2.05) is 31.2 Å². The summed E-state index contributed by atoms with van der Waals surface area (Å²) in [5.41, 5.74) is 4.71. The molecule has 1 fully saturated rings. The van der Waals surface area contributed by atoms with Crippen molar-refractivity contribution in [3.63, 3.8) is 0 Å². The van der Waals surface area contributed by atoms with Crippen LogP contribution in [-0.4, -0.2) is 29.2 Å². The van der Waals surface area contributed by atoms with Gasteiger partial charge >= 0.3 is 0 Å². The first-order valence-corrected chi connectivity index (χ1v) is 9.12. The molecule has 1 aliphatic heterocycles. The Kier molecular flexibility index (Phi) is 4.59. The van der Waals surface area contributed by atoms with Crippen molar-refractivity contribution in [3.8, 4) is 23.1 Å². The smallest absolute Gasteiger partial charge is 0.222 e. The minimum atomic E-state index is 0.566. The molecule has 1 N–H and O–H groups in total. The Labute approximate surface area is 153 Å². The maximum atomic E-state index is 9.03. The molecule has 2 aromatic heterocycles. The molecule has 26 heavy (non-hydrogen) atoms. The molecule has 1 aliphatic rings. The van der Waals surface area contributed by atoms with Crippen LogP contribution in [0.3, 0.4) is 0 Å². The standard InChI is InChI=1S/C21H22N4O/c1-2-26-21-18(17-5-3-15(12-22)4-6-17)11-20-19(24-21)8-10-25(20)14-16-7-9-23-13-16/h3-6,8,10-11,16,23H,2,7,9,13-14H2,1H3/t16-/m0/s1. The fourth-order valence-corrected chi connectivity index (χ4v) is 3.58. The highest BCUT2D eigenvalue weighted by Gasteiger charge is 2.18. The largest absolute Gasteiger partial charge is 0.478 e. The van der Waals surface area contributed by atoms with Gasteiger partial charge in [-0.1, -0.05) is 12.1 Å². The van der Waals surface area contributed by atoms with Crippen molar-refractivity contribution in [2.24, 2.45) is 5.92 Å². The summed E-state index contributed by atoms with van der Waals surface area (Å²) in [6.45, 7) is 5.71. The van der Waals surface area contributed by atoms with Gasteiger partial charge in [0, 0.05) is 18.3 Å². The Morgan fingerprint density at radius 1 is 1.31 bits per heavy atom. The molecule has 1 saturated heterocycles. The molecule has 1 aromatic carbocycles. The highest BCUT2D eigenvalue weighted by molar-refractivity contribution is 5.84. The molecule has 3 heterocycles. The Morgan fingerprint density at radius 3 is 2.85 bits per heavy atom. The Morgan fingerprint density at radius 2 is 2.15 bits per heavy atom. The number of ether oxygens (including phenoxy) is 1. The lowest BCUT2D eigenvalue weighted by Gasteiger charge is -2.14. The molecule has 5 heteroatoms. The van der Waals surface area contributed by atoms with Gasteiger partial charge in [-0.15, -0.1) is 0 Å². The van der Waals surface area contributed by atoms with E-state index in [0.29, 0.717) is 24.0 Å². The van der Waals surface area contributed by atoms with E-state index in [-0.39, 0.29) is 0 Å². The van der Waals surface area contributed by atoms with E-state index < -0.39 is 0 Å². The molecular weight excluding hydrogens is 324 g/mol. The van der Waals surface area contributed by atoms with E-state index in [0.717, 1.165) is 41.8 Å². The summed E-state index contributed by atoms with van der Waals surface area (Å²) in [5, 5.41) is 12.5. The number of hydrogen-bond acceptors (Lipinski definition) is 4. The molecule has 0 unspecified atom stereocenters. The Bertz CT molecular complexity index is 947. The predicted octanol–water partition coefficient (Wildman–Crippen LogP) is 3.58. The van der Waals surface area contributed by atoms with Crippen LogP contribution in [0.15, 0.2) is 42.6 Å². The predicted molar refractivity (Wildman–Crippen MR) is 102 cm³/mol. The number of pyridine rings is 1. The van der Waals surface area contributed by atoms with Crippen molar-refractivity contribution in [2.75, 3.05) is 19.7 Å². The van der Waals surface area contributed by atoms with E-state index in [1.54, 1.807) is 0 Å². The summed E-state index contributed by atoms with van der Waals surface area (Å²) >= 11 is 0. The quantitative estimate of drug-likeness (QED) is 0.767. The number of rotatable bonds is 5. The lowest BCUT2D eigenvalue weighted by Crippen LogP contribution is -2.14. The van der Waals surface area contributed by atoms with Crippen LogP contribution in [-0.2, 0) is 6.54 Å². The van der Waals surface area contributed by atoms with Crippen molar-refractivity contribution in [1.29, 1.82) is 5.26 Å². The summed E-state index contributed by atoms with van der Waals surface area (Å²) in [4.78, 5) is 4.76. The van der Waals surface area contributed by atoms with Crippen LogP contribution >= 0.6 is 0 Å². The number of nitriles is 1. The van der Waals surface area contributed by atoms with E-state index in [9.17, 15) is 0 Å². The molecule has 0 amide bonds.